The first-order valence-electron chi connectivity index (χ1n) is 3.58. The quantitative estimate of drug-likeness (QED) is 0.632. The molecule has 1 fully saturated rings. The number of amides is 1. The summed E-state index contributed by atoms with van der Waals surface area (Å²) in [5, 5.41) is 3.47. The van der Waals surface area contributed by atoms with Gasteiger partial charge in [-0.15, -0.1) is 0 Å². The smallest absolute Gasteiger partial charge is 0.279 e. The molecule has 1 aliphatic heterocycles. The molecule has 0 aromatic heterocycles. The molecule has 2 nitrogen and oxygen atoms in total. The van der Waals surface area contributed by atoms with E-state index in [9.17, 15) is 4.79 Å². The van der Waals surface area contributed by atoms with Crippen LogP contribution in [0.5, 0.6) is 0 Å². The van der Waals surface area contributed by atoms with Crippen molar-refractivity contribution in [2.75, 3.05) is 0 Å². The molecule has 1 saturated heterocycles. The van der Waals surface area contributed by atoms with Crippen LogP contribution < -0.4 is 5.32 Å². The van der Waals surface area contributed by atoms with Gasteiger partial charge in [0.05, 0.1) is 0 Å². The Morgan fingerprint density at radius 1 is 1.60 bits per heavy atom. The zero-order chi connectivity index (χ0) is 7.72. The number of thioether (sulfide) groups is 1. The van der Waals surface area contributed by atoms with Crippen molar-refractivity contribution >= 4 is 17.0 Å². The number of carbonyl (C=O) groups excluding carboxylic acids is 1. The zero-order valence-corrected chi connectivity index (χ0v) is 7.37. The number of hydrogen-bond acceptors (Lipinski definition) is 2. The van der Waals surface area contributed by atoms with Crippen LogP contribution in [-0.2, 0) is 0 Å². The summed E-state index contributed by atoms with van der Waals surface area (Å²) in [6.45, 7) is 6.35. The molecule has 0 radical (unpaired) electrons. The van der Waals surface area contributed by atoms with Crippen molar-refractivity contribution in [3.8, 4) is 0 Å². The van der Waals surface area contributed by atoms with Crippen molar-refractivity contribution in [2.24, 2.45) is 5.92 Å². The summed E-state index contributed by atoms with van der Waals surface area (Å²) in [5.41, 5.74) is 0. The Labute approximate surface area is 65.8 Å². The van der Waals surface area contributed by atoms with Crippen molar-refractivity contribution in [2.45, 2.75) is 32.1 Å². The number of rotatable bonds is 1. The van der Waals surface area contributed by atoms with Crippen molar-refractivity contribution in [1.29, 1.82) is 0 Å². The lowest BCUT2D eigenvalue weighted by Gasteiger charge is -2.15. The average Bonchev–Trinajstić information content (AvgIpc) is 2.10. The predicted molar refractivity (Wildman–Crippen MR) is 44.2 cm³/mol. The van der Waals surface area contributed by atoms with Gasteiger partial charge >= 0.3 is 0 Å². The predicted octanol–water partition coefficient (Wildman–Crippen LogP) is 1.86. The normalized spacial score (nSPS) is 33.0. The third-order valence-electron chi connectivity index (χ3n) is 1.74. The maximum absolute atomic E-state index is 10.8. The van der Waals surface area contributed by atoms with Gasteiger partial charge in [-0.05, 0) is 12.8 Å². The van der Waals surface area contributed by atoms with Crippen LogP contribution in [0.1, 0.15) is 20.8 Å². The fraction of sp³-hybridized carbons (Fsp3) is 0.857. The molecule has 1 aliphatic rings. The van der Waals surface area contributed by atoms with E-state index in [2.05, 4.69) is 26.1 Å². The molecule has 2 unspecified atom stereocenters. The number of hydrogen-bond donors (Lipinski definition) is 1. The fourth-order valence-electron chi connectivity index (χ4n) is 1.24. The van der Waals surface area contributed by atoms with Gasteiger partial charge in [0.2, 0.25) is 0 Å². The minimum absolute atomic E-state index is 0.131. The molecule has 0 aliphatic carbocycles. The summed E-state index contributed by atoms with van der Waals surface area (Å²) >= 11 is 1.43. The van der Waals surface area contributed by atoms with Gasteiger partial charge in [0.1, 0.15) is 0 Å². The molecule has 3 heteroatoms. The van der Waals surface area contributed by atoms with Gasteiger partial charge in [0.15, 0.2) is 0 Å². The molecule has 0 bridgehead atoms. The van der Waals surface area contributed by atoms with Crippen molar-refractivity contribution < 1.29 is 4.79 Å². The van der Waals surface area contributed by atoms with Gasteiger partial charge in [-0.2, -0.15) is 0 Å². The maximum atomic E-state index is 10.8. The highest BCUT2D eigenvalue weighted by molar-refractivity contribution is 8.14. The number of nitrogens with one attached hydrogen (secondary N) is 1. The molecule has 1 amide bonds. The Balaban J connectivity index is 2.54. The van der Waals surface area contributed by atoms with E-state index in [0.717, 1.165) is 0 Å². The van der Waals surface area contributed by atoms with Crippen LogP contribution >= 0.6 is 11.8 Å². The lowest BCUT2D eigenvalue weighted by atomic mass is 10.1. The van der Waals surface area contributed by atoms with Gasteiger partial charge in [-0.1, -0.05) is 25.6 Å². The Hall–Kier alpha value is -0.180. The van der Waals surface area contributed by atoms with Crippen LogP contribution in [0.4, 0.5) is 4.79 Å². The van der Waals surface area contributed by atoms with Crippen LogP contribution in [-0.4, -0.2) is 16.5 Å². The van der Waals surface area contributed by atoms with E-state index in [0.29, 0.717) is 17.2 Å². The van der Waals surface area contributed by atoms with E-state index in [1.807, 2.05) is 0 Å². The molecule has 1 heterocycles. The molecule has 1 rings (SSSR count). The van der Waals surface area contributed by atoms with Crippen LogP contribution in [0.15, 0.2) is 0 Å². The molecule has 0 spiro atoms. The molecular weight excluding hydrogens is 146 g/mol. The Morgan fingerprint density at radius 3 is 2.40 bits per heavy atom. The topological polar surface area (TPSA) is 29.1 Å². The van der Waals surface area contributed by atoms with Gasteiger partial charge in [-0.25, -0.2) is 0 Å². The maximum Gasteiger partial charge on any atom is 0.279 e. The van der Waals surface area contributed by atoms with Gasteiger partial charge < -0.3 is 5.32 Å². The van der Waals surface area contributed by atoms with Gasteiger partial charge in [-0.3, -0.25) is 4.79 Å². The van der Waals surface area contributed by atoms with Crippen molar-refractivity contribution in [1.82, 2.24) is 5.32 Å². The van der Waals surface area contributed by atoms with Gasteiger partial charge in [0.25, 0.3) is 5.24 Å². The molecule has 58 valence electrons. The standard InChI is InChI=1S/C7H13NOS/c1-4(2)6-5(3)8-7(9)10-6/h4-6H,1-3H3,(H,8,9). The van der Waals surface area contributed by atoms with Crippen molar-refractivity contribution in [3.63, 3.8) is 0 Å². The Kier molecular flexibility index (Phi) is 2.24. The highest BCUT2D eigenvalue weighted by Crippen LogP contribution is 2.28. The summed E-state index contributed by atoms with van der Waals surface area (Å²) in [7, 11) is 0. The van der Waals surface area contributed by atoms with E-state index in [1.54, 1.807) is 0 Å². The molecule has 0 saturated carbocycles. The van der Waals surface area contributed by atoms with E-state index in [1.165, 1.54) is 11.8 Å². The Bertz CT molecular complexity index is 147. The fourth-order valence-corrected chi connectivity index (χ4v) is 2.29. The van der Waals surface area contributed by atoms with E-state index in [4.69, 9.17) is 0 Å². The molecule has 1 N–H and O–H groups in total. The van der Waals surface area contributed by atoms with Crippen LogP contribution in [0.25, 0.3) is 0 Å². The second-order valence-corrected chi connectivity index (χ2v) is 4.20. The SMILES string of the molecule is CC(C)C1SC(=O)NC1C. The first-order chi connectivity index (χ1) is 4.61. The molecule has 0 aromatic carbocycles. The highest BCUT2D eigenvalue weighted by atomic mass is 32.2. The molecule has 0 aromatic rings. The van der Waals surface area contributed by atoms with Crippen molar-refractivity contribution in [3.05, 3.63) is 0 Å². The summed E-state index contributed by atoms with van der Waals surface area (Å²) < 4.78 is 0. The molecule has 2 atom stereocenters. The average molecular weight is 159 g/mol. The first kappa shape index (κ1) is 7.92. The summed E-state index contributed by atoms with van der Waals surface area (Å²) in [6.07, 6.45) is 0. The number of carbonyl (C=O) groups is 1. The van der Waals surface area contributed by atoms with Crippen LogP contribution in [0.2, 0.25) is 0 Å². The lowest BCUT2D eigenvalue weighted by molar-refractivity contribution is 0.260. The Morgan fingerprint density at radius 2 is 2.20 bits per heavy atom. The zero-order valence-electron chi connectivity index (χ0n) is 6.55. The highest BCUT2D eigenvalue weighted by Gasteiger charge is 2.31. The third-order valence-corrected chi connectivity index (χ3v) is 3.30. The minimum Gasteiger partial charge on any atom is -0.343 e. The molecule has 10 heavy (non-hydrogen) atoms. The van der Waals surface area contributed by atoms with Crippen LogP contribution in [0, 0.1) is 5.92 Å². The van der Waals surface area contributed by atoms with E-state index < -0.39 is 0 Å². The summed E-state index contributed by atoms with van der Waals surface area (Å²) in [6, 6.07) is 0.345. The molecular formula is C7H13NOS. The summed E-state index contributed by atoms with van der Waals surface area (Å²) in [4.78, 5) is 10.8. The minimum atomic E-state index is 0.131. The van der Waals surface area contributed by atoms with Crippen LogP contribution in [0.3, 0.4) is 0 Å². The third kappa shape index (κ3) is 1.45. The second-order valence-electron chi connectivity index (χ2n) is 3.05. The lowest BCUT2D eigenvalue weighted by Crippen LogP contribution is -2.30. The first-order valence-corrected chi connectivity index (χ1v) is 4.46. The largest absolute Gasteiger partial charge is 0.343 e. The van der Waals surface area contributed by atoms with E-state index in [-0.39, 0.29) is 5.24 Å². The van der Waals surface area contributed by atoms with E-state index >= 15 is 0 Å². The van der Waals surface area contributed by atoms with Gasteiger partial charge in [0, 0.05) is 11.3 Å². The summed E-state index contributed by atoms with van der Waals surface area (Å²) in [5.74, 6) is 0.582. The monoisotopic (exact) mass is 159 g/mol. The second kappa shape index (κ2) is 2.82.